The molecule has 1 heterocycles. The van der Waals surface area contributed by atoms with Gasteiger partial charge in [-0.05, 0) is 43.9 Å². The number of ether oxygens (including phenoxy) is 1. The van der Waals surface area contributed by atoms with Crippen molar-refractivity contribution in [2.24, 2.45) is 23.2 Å². The fourth-order valence-electron chi connectivity index (χ4n) is 3.76. The topological polar surface area (TPSA) is 46.5 Å². The van der Waals surface area contributed by atoms with Crippen LogP contribution in [-0.2, 0) is 9.53 Å². The zero-order valence-electron chi connectivity index (χ0n) is 11.1. The Kier molecular flexibility index (Phi) is 3.48. The lowest BCUT2D eigenvalue weighted by Crippen LogP contribution is -2.46. The van der Waals surface area contributed by atoms with Gasteiger partial charge >= 0.3 is 5.97 Å². The van der Waals surface area contributed by atoms with Crippen LogP contribution in [-0.4, -0.2) is 23.8 Å². The first-order valence-electron chi connectivity index (χ1n) is 6.83. The summed E-state index contributed by atoms with van der Waals surface area (Å²) in [4.78, 5) is 11.7. The lowest BCUT2D eigenvalue weighted by atomic mass is 9.61. The van der Waals surface area contributed by atoms with Crippen LogP contribution in [0.3, 0.4) is 0 Å². The molecule has 3 nitrogen and oxygen atoms in total. The van der Waals surface area contributed by atoms with Gasteiger partial charge in [0.25, 0.3) is 0 Å². The number of hydrogen-bond acceptors (Lipinski definition) is 2. The van der Waals surface area contributed by atoms with Gasteiger partial charge in [0.15, 0.2) is 0 Å². The zero-order chi connectivity index (χ0) is 12.6. The van der Waals surface area contributed by atoms with Crippen LogP contribution in [0.4, 0.5) is 0 Å². The number of carbonyl (C=O) groups is 1. The Morgan fingerprint density at radius 2 is 1.94 bits per heavy atom. The standard InChI is InChI=1S/C14H24O3/c1-9-4-5-12(8-10(9)2)14(13(15)16)6-7-17-11(14)3/h9-12H,4-8H2,1-3H3,(H,15,16). The van der Waals surface area contributed by atoms with Gasteiger partial charge < -0.3 is 9.84 Å². The van der Waals surface area contributed by atoms with E-state index in [0.29, 0.717) is 24.9 Å². The van der Waals surface area contributed by atoms with Gasteiger partial charge in [0, 0.05) is 6.61 Å². The second-order valence-corrected chi connectivity index (χ2v) is 6.07. The van der Waals surface area contributed by atoms with Gasteiger partial charge in [-0.3, -0.25) is 4.79 Å². The van der Waals surface area contributed by atoms with E-state index >= 15 is 0 Å². The zero-order valence-corrected chi connectivity index (χ0v) is 11.1. The van der Waals surface area contributed by atoms with E-state index in [1.807, 2.05) is 6.92 Å². The van der Waals surface area contributed by atoms with Crippen LogP contribution < -0.4 is 0 Å². The van der Waals surface area contributed by atoms with Gasteiger partial charge in [-0.1, -0.05) is 20.3 Å². The molecule has 0 aromatic carbocycles. The molecule has 2 fully saturated rings. The predicted molar refractivity (Wildman–Crippen MR) is 65.8 cm³/mol. The van der Waals surface area contributed by atoms with Gasteiger partial charge in [-0.15, -0.1) is 0 Å². The van der Waals surface area contributed by atoms with E-state index in [1.165, 1.54) is 0 Å². The highest BCUT2D eigenvalue weighted by Crippen LogP contribution is 2.50. The van der Waals surface area contributed by atoms with Crippen LogP contribution in [0.25, 0.3) is 0 Å². The Morgan fingerprint density at radius 1 is 1.24 bits per heavy atom. The third-order valence-corrected chi connectivity index (χ3v) is 5.33. The van der Waals surface area contributed by atoms with E-state index in [9.17, 15) is 9.90 Å². The maximum atomic E-state index is 11.7. The van der Waals surface area contributed by atoms with Crippen LogP contribution in [0.2, 0.25) is 0 Å². The Balaban J connectivity index is 2.20. The molecule has 17 heavy (non-hydrogen) atoms. The number of carboxylic acids is 1. The summed E-state index contributed by atoms with van der Waals surface area (Å²) in [6, 6.07) is 0. The molecule has 0 radical (unpaired) electrons. The SMILES string of the molecule is CC1CCC(C2(C(=O)O)CCOC2C)CC1C. The molecule has 98 valence electrons. The summed E-state index contributed by atoms with van der Waals surface area (Å²) >= 11 is 0. The maximum Gasteiger partial charge on any atom is 0.312 e. The monoisotopic (exact) mass is 240 g/mol. The van der Waals surface area contributed by atoms with Gasteiger partial charge in [0.2, 0.25) is 0 Å². The van der Waals surface area contributed by atoms with Crippen molar-refractivity contribution in [1.82, 2.24) is 0 Å². The lowest BCUT2D eigenvalue weighted by Gasteiger charge is -2.42. The first kappa shape index (κ1) is 12.9. The quantitative estimate of drug-likeness (QED) is 0.807. The molecule has 1 N–H and O–H groups in total. The molecular weight excluding hydrogens is 216 g/mol. The van der Waals surface area contributed by atoms with E-state index in [4.69, 9.17) is 4.74 Å². The van der Waals surface area contributed by atoms with E-state index in [0.717, 1.165) is 25.2 Å². The molecule has 3 heteroatoms. The average Bonchev–Trinajstić information content (AvgIpc) is 2.65. The minimum atomic E-state index is -0.644. The molecule has 0 amide bonds. The van der Waals surface area contributed by atoms with Crippen molar-refractivity contribution in [3.05, 3.63) is 0 Å². The van der Waals surface area contributed by atoms with Crippen molar-refractivity contribution in [2.45, 2.75) is 52.6 Å². The van der Waals surface area contributed by atoms with Crippen molar-refractivity contribution in [3.63, 3.8) is 0 Å². The highest BCUT2D eigenvalue weighted by molar-refractivity contribution is 5.76. The fourth-order valence-corrected chi connectivity index (χ4v) is 3.76. The molecule has 2 aliphatic rings. The summed E-state index contributed by atoms with van der Waals surface area (Å²) in [5.74, 6) is 1.02. The van der Waals surface area contributed by atoms with Crippen LogP contribution in [0.5, 0.6) is 0 Å². The summed E-state index contributed by atoms with van der Waals surface area (Å²) in [5.41, 5.74) is -0.617. The molecule has 0 aromatic heterocycles. The second-order valence-electron chi connectivity index (χ2n) is 6.07. The molecule has 0 aromatic rings. The molecule has 2 rings (SSSR count). The molecule has 5 atom stereocenters. The van der Waals surface area contributed by atoms with Gasteiger partial charge in [0.1, 0.15) is 0 Å². The summed E-state index contributed by atoms with van der Waals surface area (Å²) in [5, 5.41) is 9.66. The number of aliphatic carboxylic acids is 1. The summed E-state index contributed by atoms with van der Waals surface area (Å²) in [7, 11) is 0. The highest BCUT2D eigenvalue weighted by atomic mass is 16.5. The highest BCUT2D eigenvalue weighted by Gasteiger charge is 2.54. The van der Waals surface area contributed by atoms with Crippen molar-refractivity contribution in [2.75, 3.05) is 6.61 Å². The summed E-state index contributed by atoms with van der Waals surface area (Å²) in [6.07, 6.45) is 3.81. The minimum Gasteiger partial charge on any atom is -0.481 e. The third-order valence-electron chi connectivity index (χ3n) is 5.33. The van der Waals surface area contributed by atoms with Crippen LogP contribution in [0.15, 0.2) is 0 Å². The van der Waals surface area contributed by atoms with Crippen LogP contribution in [0, 0.1) is 23.2 Å². The molecule has 1 saturated carbocycles. The lowest BCUT2D eigenvalue weighted by molar-refractivity contribution is -0.158. The molecule has 1 aliphatic heterocycles. The third kappa shape index (κ3) is 1.99. The Labute approximate surface area is 104 Å². The Bertz CT molecular complexity index is 302. The molecule has 5 unspecified atom stereocenters. The Hall–Kier alpha value is -0.570. The van der Waals surface area contributed by atoms with Gasteiger partial charge in [-0.25, -0.2) is 0 Å². The van der Waals surface area contributed by atoms with Crippen molar-refractivity contribution < 1.29 is 14.6 Å². The first-order valence-corrected chi connectivity index (χ1v) is 6.83. The number of rotatable bonds is 2. The molecule has 1 saturated heterocycles. The summed E-state index contributed by atoms with van der Waals surface area (Å²) < 4.78 is 5.56. The minimum absolute atomic E-state index is 0.134. The van der Waals surface area contributed by atoms with E-state index in [2.05, 4.69) is 13.8 Å². The maximum absolute atomic E-state index is 11.7. The van der Waals surface area contributed by atoms with E-state index < -0.39 is 11.4 Å². The van der Waals surface area contributed by atoms with Gasteiger partial charge in [-0.2, -0.15) is 0 Å². The molecule has 0 bridgehead atoms. The molecular formula is C14H24O3. The molecule has 1 aliphatic carbocycles. The summed E-state index contributed by atoms with van der Waals surface area (Å²) in [6.45, 7) is 7.08. The van der Waals surface area contributed by atoms with E-state index in [1.54, 1.807) is 0 Å². The largest absolute Gasteiger partial charge is 0.481 e. The number of hydrogen-bond donors (Lipinski definition) is 1. The average molecular weight is 240 g/mol. The van der Waals surface area contributed by atoms with Crippen molar-refractivity contribution in [1.29, 1.82) is 0 Å². The van der Waals surface area contributed by atoms with Crippen molar-refractivity contribution >= 4 is 5.97 Å². The molecule has 0 spiro atoms. The van der Waals surface area contributed by atoms with Crippen molar-refractivity contribution in [3.8, 4) is 0 Å². The van der Waals surface area contributed by atoms with E-state index in [-0.39, 0.29) is 6.10 Å². The van der Waals surface area contributed by atoms with Crippen LogP contribution >= 0.6 is 0 Å². The Morgan fingerprint density at radius 3 is 2.41 bits per heavy atom. The smallest absolute Gasteiger partial charge is 0.312 e. The predicted octanol–water partition coefficient (Wildman–Crippen LogP) is 2.94. The van der Waals surface area contributed by atoms with Gasteiger partial charge in [0.05, 0.1) is 11.5 Å². The fraction of sp³-hybridized carbons (Fsp3) is 0.929. The van der Waals surface area contributed by atoms with Crippen LogP contribution in [0.1, 0.15) is 46.5 Å². The number of carboxylic acid groups (broad SMARTS) is 1. The second kappa shape index (κ2) is 4.60. The normalized spacial score (nSPS) is 47.0. The first-order chi connectivity index (χ1) is 7.98.